The Labute approximate surface area is 438 Å². The summed E-state index contributed by atoms with van der Waals surface area (Å²) in [7, 11) is 0. The lowest BCUT2D eigenvalue weighted by atomic mass is 10.1. The molecule has 0 saturated carbocycles. The van der Waals surface area contributed by atoms with Crippen molar-refractivity contribution in [3.63, 3.8) is 0 Å². The molecule has 0 aliphatic rings. The summed E-state index contributed by atoms with van der Waals surface area (Å²) in [6, 6.07) is 0. The molecule has 0 amide bonds. The number of ether oxygens (including phenoxy) is 3. The van der Waals surface area contributed by atoms with E-state index in [-0.39, 0.29) is 31.1 Å². The van der Waals surface area contributed by atoms with E-state index in [4.69, 9.17) is 14.2 Å². The normalized spacial score (nSPS) is 12.8. The molecule has 0 aliphatic heterocycles. The molecular weight excluding hydrogens is 877 g/mol. The molecule has 0 saturated heterocycles. The number of allylic oxidation sites excluding steroid dienone is 16. The van der Waals surface area contributed by atoms with E-state index in [2.05, 4.69) is 118 Å². The third-order valence-electron chi connectivity index (χ3n) is 12.5. The summed E-state index contributed by atoms with van der Waals surface area (Å²) in [6.45, 7) is 6.47. The van der Waals surface area contributed by atoms with Crippen LogP contribution in [0.2, 0.25) is 0 Å². The summed E-state index contributed by atoms with van der Waals surface area (Å²) in [5.41, 5.74) is 0. The van der Waals surface area contributed by atoms with Gasteiger partial charge in [0.05, 0.1) is 0 Å². The molecule has 6 heteroatoms. The predicted octanol–water partition coefficient (Wildman–Crippen LogP) is 20.1. The molecule has 0 fully saturated rings. The number of rotatable bonds is 53. The van der Waals surface area contributed by atoms with Crippen molar-refractivity contribution < 1.29 is 28.6 Å². The molecule has 6 nitrogen and oxygen atoms in total. The SMILES string of the molecule is CC/C=C\C/C=C\C/C=C\C/C=C\C/C=C\C/C=C\CCCCCCCCC(=O)OCC(COC(=O)CCCCCCC/C=C\CCCC)OC(=O)CCCCCCCCC/C=C\CCCCCCCC. The molecule has 0 aromatic heterocycles. The van der Waals surface area contributed by atoms with Gasteiger partial charge in [0.1, 0.15) is 13.2 Å². The molecule has 0 aromatic carbocycles. The van der Waals surface area contributed by atoms with E-state index in [1.165, 1.54) is 122 Å². The van der Waals surface area contributed by atoms with Crippen molar-refractivity contribution in [1.82, 2.24) is 0 Å². The van der Waals surface area contributed by atoms with Crippen molar-refractivity contribution >= 4 is 17.9 Å². The van der Waals surface area contributed by atoms with Crippen molar-refractivity contribution in [1.29, 1.82) is 0 Å². The summed E-state index contributed by atoms with van der Waals surface area (Å²) < 4.78 is 16.8. The zero-order chi connectivity index (χ0) is 51.4. The molecule has 0 heterocycles. The molecule has 0 spiro atoms. The van der Waals surface area contributed by atoms with E-state index in [1.807, 2.05) is 0 Å². The van der Waals surface area contributed by atoms with Crippen molar-refractivity contribution in [2.45, 2.75) is 284 Å². The monoisotopic (exact) mass is 987 g/mol. The minimum absolute atomic E-state index is 0.0883. The van der Waals surface area contributed by atoms with Crippen LogP contribution in [0.4, 0.5) is 0 Å². The van der Waals surface area contributed by atoms with Crippen molar-refractivity contribution in [3.05, 3.63) is 97.2 Å². The summed E-state index contributed by atoms with van der Waals surface area (Å²) >= 11 is 0. The number of esters is 3. The molecule has 71 heavy (non-hydrogen) atoms. The molecule has 406 valence electrons. The van der Waals surface area contributed by atoms with Gasteiger partial charge < -0.3 is 14.2 Å². The molecule has 1 atom stereocenters. The Morgan fingerprint density at radius 1 is 0.296 bits per heavy atom. The smallest absolute Gasteiger partial charge is 0.306 e. The van der Waals surface area contributed by atoms with Crippen LogP contribution in [0.25, 0.3) is 0 Å². The van der Waals surface area contributed by atoms with Gasteiger partial charge in [0, 0.05) is 19.3 Å². The van der Waals surface area contributed by atoms with Crippen molar-refractivity contribution in [3.8, 4) is 0 Å². The van der Waals surface area contributed by atoms with Crippen molar-refractivity contribution in [2.24, 2.45) is 0 Å². The number of hydrogen-bond acceptors (Lipinski definition) is 6. The Morgan fingerprint density at radius 3 is 0.915 bits per heavy atom. The highest BCUT2D eigenvalue weighted by Crippen LogP contribution is 2.15. The van der Waals surface area contributed by atoms with Gasteiger partial charge in [-0.3, -0.25) is 14.4 Å². The zero-order valence-corrected chi connectivity index (χ0v) is 46.5. The summed E-state index contributed by atoms with van der Waals surface area (Å²) in [4.78, 5) is 38.1. The highest BCUT2D eigenvalue weighted by atomic mass is 16.6. The minimum atomic E-state index is -0.790. The average molecular weight is 988 g/mol. The number of hydrogen-bond donors (Lipinski definition) is 0. The lowest BCUT2D eigenvalue weighted by molar-refractivity contribution is -0.167. The van der Waals surface area contributed by atoms with E-state index in [0.29, 0.717) is 19.3 Å². The summed E-state index contributed by atoms with van der Waals surface area (Å²) in [5, 5.41) is 0. The van der Waals surface area contributed by atoms with Gasteiger partial charge in [0.25, 0.3) is 0 Å². The highest BCUT2D eigenvalue weighted by Gasteiger charge is 2.19. The molecule has 0 aromatic rings. The maximum Gasteiger partial charge on any atom is 0.306 e. The van der Waals surface area contributed by atoms with Crippen LogP contribution in [0.15, 0.2) is 97.2 Å². The average Bonchev–Trinajstić information content (AvgIpc) is 3.37. The highest BCUT2D eigenvalue weighted by molar-refractivity contribution is 5.71. The quantitative estimate of drug-likeness (QED) is 0.0261. The van der Waals surface area contributed by atoms with E-state index < -0.39 is 6.10 Å². The number of carbonyl (C=O) groups is 3. The molecule has 1 unspecified atom stereocenters. The number of carbonyl (C=O) groups excluding carboxylic acids is 3. The minimum Gasteiger partial charge on any atom is -0.462 e. The fraction of sp³-hybridized carbons (Fsp3) is 0.708. The summed E-state index contributed by atoms with van der Waals surface area (Å²) in [5.74, 6) is -0.913. The Bertz CT molecular complexity index is 1410. The first-order chi connectivity index (χ1) is 35.0. The van der Waals surface area contributed by atoms with Crippen LogP contribution >= 0.6 is 0 Å². The van der Waals surface area contributed by atoms with Gasteiger partial charge in [-0.05, 0) is 116 Å². The first kappa shape index (κ1) is 67.3. The molecule has 0 rings (SSSR count). The standard InChI is InChI=1S/C65H110O6/c1-4-7-10-13-16-19-22-24-26-28-29-30-31-32-33-34-35-37-38-40-43-46-49-52-55-58-64(67)70-61-62(60-69-63(66)57-54-51-48-45-42-21-18-15-12-9-6-3)71-65(68)59-56-53-50-47-44-41-39-36-27-25-23-20-17-14-11-8-5-2/h7,10,15-16,18-19,24-27,29-30,32-33,35,37,62H,4-6,8-9,11-14,17,20-23,28,31,34,36,38-61H2,1-3H3/b10-7-,18-15-,19-16-,26-24-,27-25-,30-29-,33-32-,37-35-. The maximum absolute atomic E-state index is 12.9. The van der Waals surface area contributed by atoms with Gasteiger partial charge in [-0.1, -0.05) is 240 Å². The van der Waals surface area contributed by atoms with E-state index in [1.54, 1.807) is 0 Å². The Kier molecular flexibility index (Phi) is 55.9. The van der Waals surface area contributed by atoms with Crippen LogP contribution in [0.1, 0.15) is 278 Å². The second-order valence-corrected chi connectivity index (χ2v) is 19.5. The Morgan fingerprint density at radius 2 is 0.563 bits per heavy atom. The van der Waals surface area contributed by atoms with Gasteiger partial charge in [0.2, 0.25) is 0 Å². The third kappa shape index (κ3) is 57.1. The maximum atomic E-state index is 12.9. The van der Waals surface area contributed by atoms with Crippen LogP contribution in [0.3, 0.4) is 0 Å². The van der Waals surface area contributed by atoms with Gasteiger partial charge in [-0.2, -0.15) is 0 Å². The second-order valence-electron chi connectivity index (χ2n) is 19.5. The number of unbranched alkanes of at least 4 members (excludes halogenated alkanes) is 26. The van der Waals surface area contributed by atoms with Gasteiger partial charge >= 0.3 is 17.9 Å². The van der Waals surface area contributed by atoms with Gasteiger partial charge in [-0.15, -0.1) is 0 Å². The van der Waals surface area contributed by atoms with Crippen LogP contribution in [-0.2, 0) is 28.6 Å². The fourth-order valence-corrected chi connectivity index (χ4v) is 8.07. The predicted molar refractivity (Wildman–Crippen MR) is 307 cm³/mol. The van der Waals surface area contributed by atoms with Gasteiger partial charge in [-0.25, -0.2) is 0 Å². The first-order valence-electron chi connectivity index (χ1n) is 29.7. The second kappa shape index (κ2) is 58.9. The van der Waals surface area contributed by atoms with Crippen LogP contribution in [0, 0.1) is 0 Å². The van der Waals surface area contributed by atoms with Gasteiger partial charge in [0.15, 0.2) is 6.10 Å². The first-order valence-corrected chi connectivity index (χ1v) is 29.7. The molecule has 0 radical (unpaired) electrons. The van der Waals surface area contributed by atoms with Crippen LogP contribution in [0.5, 0.6) is 0 Å². The Hall–Kier alpha value is -3.67. The Balaban J connectivity index is 4.35. The zero-order valence-electron chi connectivity index (χ0n) is 46.5. The lowest BCUT2D eigenvalue weighted by Gasteiger charge is -2.18. The largest absolute Gasteiger partial charge is 0.462 e. The van der Waals surface area contributed by atoms with E-state index in [9.17, 15) is 14.4 Å². The third-order valence-corrected chi connectivity index (χ3v) is 12.5. The lowest BCUT2D eigenvalue weighted by Crippen LogP contribution is -2.30. The molecule has 0 aliphatic carbocycles. The van der Waals surface area contributed by atoms with E-state index in [0.717, 1.165) is 116 Å². The molecule has 0 N–H and O–H groups in total. The van der Waals surface area contributed by atoms with Crippen molar-refractivity contribution in [2.75, 3.05) is 13.2 Å². The molecule has 0 bridgehead atoms. The van der Waals surface area contributed by atoms with E-state index >= 15 is 0 Å². The molecular formula is C65H110O6. The topological polar surface area (TPSA) is 78.9 Å². The van der Waals surface area contributed by atoms with Crippen LogP contribution < -0.4 is 0 Å². The summed E-state index contributed by atoms with van der Waals surface area (Å²) in [6.07, 6.45) is 78.3. The van der Waals surface area contributed by atoms with Crippen LogP contribution in [-0.4, -0.2) is 37.2 Å². The fourth-order valence-electron chi connectivity index (χ4n) is 8.07.